The molecule has 0 aliphatic carbocycles. The number of anilines is 2. The van der Waals surface area contributed by atoms with Gasteiger partial charge in [0.25, 0.3) is 0 Å². The van der Waals surface area contributed by atoms with Crippen LogP contribution in [0.3, 0.4) is 0 Å². The van der Waals surface area contributed by atoms with Crippen molar-refractivity contribution >= 4 is 35.0 Å². The summed E-state index contributed by atoms with van der Waals surface area (Å²) in [5, 5.41) is 4.87. The third kappa shape index (κ3) is 4.87. The van der Waals surface area contributed by atoms with Gasteiger partial charge in [0.05, 0.1) is 23.9 Å². The van der Waals surface area contributed by atoms with Crippen LogP contribution in [0.4, 0.5) is 29.3 Å². The smallest absolute Gasteiger partial charge is 0.416 e. The molecular weight excluding hydrogens is 361 g/mol. The van der Waals surface area contributed by atoms with Gasteiger partial charge >= 0.3 is 18.2 Å². The molecule has 0 aromatic heterocycles. The van der Waals surface area contributed by atoms with E-state index in [0.717, 1.165) is 18.2 Å². The van der Waals surface area contributed by atoms with E-state index in [1.165, 1.54) is 31.4 Å². The van der Waals surface area contributed by atoms with E-state index in [1.54, 1.807) is 0 Å². The fourth-order valence-corrected chi connectivity index (χ4v) is 2.14. The molecule has 0 atom stereocenters. The molecule has 2 N–H and O–H groups in total. The average Bonchev–Trinajstić information content (AvgIpc) is 2.53. The highest BCUT2D eigenvalue weighted by Gasteiger charge is 2.30. The second kappa shape index (κ2) is 7.43. The van der Waals surface area contributed by atoms with Crippen LogP contribution in [-0.2, 0) is 10.9 Å². The summed E-state index contributed by atoms with van der Waals surface area (Å²) in [6.07, 6.45) is -4.53. The Morgan fingerprint density at radius 2 is 1.80 bits per heavy atom. The van der Waals surface area contributed by atoms with Gasteiger partial charge in [-0.1, -0.05) is 17.7 Å². The van der Waals surface area contributed by atoms with Crippen molar-refractivity contribution in [2.24, 2.45) is 0 Å². The van der Waals surface area contributed by atoms with E-state index in [1.807, 2.05) is 0 Å². The minimum absolute atomic E-state index is 0.0473. The van der Waals surface area contributed by atoms with Crippen LogP contribution in [0.1, 0.15) is 15.9 Å². The molecule has 0 aliphatic rings. The Kier molecular flexibility index (Phi) is 5.53. The van der Waals surface area contributed by atoms with Crippen LogP contribution >= 0.6 is 11.6 Å². The Hall–Kier alpha value is -2.74. The lowest BCUT2D eigenvalue weighted by molar-refractivity contribution is -0.137. The first-order valence-electron chi connectivity index (χ1n) is 6.84. The molecule has 0 spiro atoms. The normalized spacial score (nSPS) is 10.9. The number of halogens is 4. The van der Waals surface area contributed by atoms with Gasteiger partial charge in [0.1, 0.15) is 0 Å². The van der Waals surface area contributed by atoms with Crippen molar-refractivity contribution in [2.45, 2.75) is 6.18 Å². The maximum absolute atomic E-state index is 12.7. The number of esters is 1. The van der Waals surface area contributed by atoms with E-state index in [9.17, 15) is 22.8 Å². The summed E-state index contributed by atoms with van der Waals surface area (Å²) in [7, 11) is 1.17. The van der Waals surface area contributed by atoms with Crippen molar-refractivity contribution in [1.29, 1.82) is 0 Å². The maximum Gasteiger partial charge on any atom is 0.416 e. The molecule has 2 amide bonds. The molecule has 2 aromatic rings. The standard InChI is InChI=1S/C16H12ClF3N2O3/c1-25-14(23)12-6-5-10(17)8-13(12)22-15(24)21-11-4-2-3-9(7-11)16(18,19)20/h2-8H,1H3,(H2,21,22,24). The molecule has 9 heteroatoms. The van der Waals surface area contributed by atoms with E-state index in [0.29, 0.717) is 0 Å². The molecule has 0 saturated heterocycles. The summed E-state index contributed by atoms with van der Waals surface area (Å²) in [4.78, 5) is 23.7. The van der Waals surface area contributed by atoms with Crippen LogP contribution in [0.25, 0.3) is 0 Å². The molecule has 132 valence electrons. The van der Waals surface area contributed by atoms with Gasteiger partial charge in [-0.05, 0) is 36.4 Å². The number of hydrogen-bond donors (Lipinski definition) is 2. The van der Waals surface area contributed by atoms with E-state index < -0.39 is 23.7 Å². The summed E-state index contributed by atoms with van der Waals surface area (Å²) < 4.78 is 42.6. The monoisotopic (exact) mass is 372 g/mol. The zero-order valence-electron chi connectivity index (χ0n) is 12.8. The van der Waals surface area contributed by atoms with Crippen LogP contribution in [0.5, 0.6) is 0 Å². The SMILES string of the molecule is COC(=O)c1ccc(Cl)cc1NC(=O)Nc1cccc(C(F)(F)F)c1. The lowest BCUT2D eigenvalue weighted by Crippen LogP contribution is -2.21. The quantitative estimate of drug-likeness (QED) is 0.761. The number of hydrogen-bond acceptors (Lipinski definition) is 3. The van der Waals surface area contributed by atoms with Crippen LogP contribution in [0.2, 0.25) is 5.02 Å². The van der Waals surface area contributed by atoms with Crippen LogP contribution in [0, 0.1) is 0 Å². The van der Waals surface area contributed by atoms with E-state index in [-0.39, 0.29) is 22.0 Å². The van der Waals surface area contributed by atoms with Crippen LogP contribution in [-0.4, -0.2) is 19.1 Å². The summed E-state index contributed by atoms with van der Waals surface area (Å²) in [6, 6.07) is 7.41. The molecule has 25 heavy (non-hydrogen) atoms. The van der Waals surface area contributed by atoms with E-state index >= 15 is 0 Å². The Labute approximate surface area is 145 Å². The molecule has 0 heterocycles. The molecule has 0 bridgehead atoms. The largest absolute Gasteiger partial charge is 0.465 e. The van der Waals surface area contributed by atoms with E-state index in [4.69, 9.17) is 11.6 Å². The first-order valence-corrected chi connectivity index (χ1v) is 7.21. The second-order valence-corrected chi connectivity index (χ2v) is 5.28. The van der Waals surface area contributed by atoms with Gasteiger partial charge in [-0.2, -0.15) is 13.2 Å². The Morgan fingerprint density at radius 3 is 2.44 bits per heavy atom. The summed E-state index contributed by atoms with van der Waals surface area (Å²) in [5.74, 6) is -0.703. The number of benzene rings is 2. The predicted molar refractivity (Wildman–Crippen MR) is 86.9 cm³/mol. The van der Waals surface area contributed by atoms with Gasteiger partial charge in [0.2, 0.25) is 0 Å². The number of carbonyl (C=O) groups excluding carboxylic acids is 2. The topological polar surface area (TPSA) is 67.4 Å². The van der Waals surface area contributed by atoms with Gasteiger partial charge in [0, 0.05) is 10.7 Å². The Balaban J connectivity index is 2.19. The molecule has 2 rings (SSSR count). The summed E-state index contributed by atoms with van der Waals surface area (Å²) in [5.41, 5.74) is -0.854. The first kappa shape index (κ1) is 18.6. The van der Waals surface area contributed by atoms with Crippen molar-refractivity contribution in [3.8, 4) is 0 Å². The number of amides is 2. The average molecular weight is 373 g/mol. The van der Waals surface area contributed by atoms with Gasteiger partial charge < -0.3 is 15.4 Å². The van der Waals surface area contributed by atoms with Gasteiger partial charge in [-0.3, -0.25) is 0 Å². The number of alkyl halides is 3. The number of rotatable bonds is 3. The molecule has 5 nitrogen and oxygen atoms in total. The first-order chi connectivity index (χ1) is 11.7. The highest BCUT2D eigenvalue weighted by Crippen LogP contribution is 2.30. The fraction of sp³-hybridized carbons (Fsp3) is 0.125. The molecule has 0 unspecified atom stereocenters. The van der Waals surface area contributed by atoms with Crippen molar-refractivity contribution in [1.82, 2.24) is 0 Å². The summed E-state index contributed by atoms with van der Waals surface area (Å²) >= 11 is 5.83. The second-order valence-electron chi connectivity index (χ2n) is 4.84. The van der Waals surface area contributed by atoms with Crippen LogP contribution in [0.15, 0.2) is 42.5 Å². The number of methoxy groups -OCH3 is 1. The van der Waals surface area contributed by atoms with Gasteiger partial charge in [-0.25, -0.2) is 9.59 Å². The molecule has 0 fully saturated rings. The van der Waals surface area contributed by atoms with Gasteiger partial charge in [0.15, 0.2) is 0 Å². The molecule has 0 radical (unpaired) electrons. The van der Waals surface area contributed by atoms with Crippen molar-refractivity contribution in [3.63, 3.8) is 0 Å². The van der Waals surface area contributed by atoms with Crippen molar-refractivity contribution in [3.05, 3.63) is 58.6 Å². The third-order valence-corrected chi connectivity index (χ3v) is 3.32. The highest BCUT2D eigenvalue weighted by molar-refractivity contribution is 6.31. The molecule has 2 aromatic carbocycles. The number of carbonyl (C=O) groups is 2. The molecule has 0 aliphatic heterocycles. The summed E-state index contributed by atoms with van der Waals surface area (Å²) in [6.45, 7) is 0. The van der Waals surface area contributed by atoms with Crippen molar-refractivity contribution in [2.75, 3.05) is 17.7 Å². The number of nitrogens with one attached hydrogen (secondary N) is 2. The lowest BCUT2D eigenvalue weighted by Gasteiger charge is -2.12. The van der Waals surface area contributed by atoms with Gasteiger partial charge in [-0.15, -0.1) is 0 Å². The lowest BCUT2D eigenvalue weighted by atomic mass is 10.2. The minimum Gasteiger partial charge on any atom is -0.465 e. The fourth-order valence-electron chi connectivity index (χ4n) is 1.97. The Morgan fingerprint density at radius 1 is 1.08 bits per heavy atom. The maximum atomic E-state index is 12.7. The van der Waals surface area contributed by atoms with Crippen molar-refractivity contribution < 1.29 is 27.5 Å². The molecular formula is C16H12ClF3N2O3. The predicted octanol–water partition coefficient (Wildman–Crippen LogP) is 4.79. The Bertz CT molecular complexity index is 809. The zero-order chi connectivity index (χ0) is 18.6. The van der Waals surface area contributed by atoms with E-state index in [2.05, 4.69) is 15.4 Å². The number of ether oxygens (including phenoxy) is 1. The van der Waals surface area contributed by atoms with Crippen LogP contribution < -0.4 is 10.6 Å². The minimum atomic E-state index is -4.53. The highest BCUT2D eigenvalue weighted by atomic mass is 35.5. The third-order valence-electron chi connectivity index (χ3n) is 3.08. The molecule has 0 saturated carbocycles. The number of urea groups is 1. The zero-order valence-corrected chi connectivity index (χ0v) is 13.5.